The molecule has 0 fully saturated rings. The van der Waals surface area contributed by atoms with Gasteiger partial charge in [0.25, 0.3) is 5.91 Å². The smallest absolute Gasteiger partial charge is 0.336 e. The van der Waals surface area contributed by atoms with Crippen molar-refractivity contribution in [2.24, 2.45) is 0 Å². The number of anilines is 1. The van der Waals surface area contributed by atoms with Gasteiger partial charge in [0.05, 0.1) is 26.5 Å². The van der Waals surface area contributed by atoms with Crippen LogP contribution in [0.5, 0.6) is 29.0 Å². The van der Waals surface area contributed by atoms with E-state index in [1.165, 1.54) is 14.2 Å². The van der Waals surface area contributed by atoms with Crippen molar-refractivity contribution in [1.29, 1.82) is 0 Å². The number of hydrogen-bond donors (Lipinski definition) is 1. The molecule has 3 aromatic carbocycles. The molecule has 1 aliphatic rings. The molecule has 10 nitrogen and oxygen atoms in total. The Kier molecular flexibility index (Phi) is 6.31. The van der Waals surface area contributed by atoms with Gasteiger partial charge in [-0.3, -0.25) is 4.79 Å². The Hall–Kier alpha value is -4.73. The summed E-state index contributed by atoms with van der Waals surface area (Å²) in [5.41, 5.74) is 2.56. The van der Waals surface area contributed by atoms with Gasteiger partial charge in [-0.15, -0.1) is 5.10 Å². The van der Waals surface area contributed by atoms with E-state index in [0.29, 0.717) is 46.7 Å². The minimum Gasteiger partial charge on any atom is -0.497 e. The summed E-state index contributed by atoms with van der Waals surface area (Å²) < 4.78 is 28.7. The first kappa shape index (κ1) is 23.0. The molecule has 0 saturated carbocycles. The molecule has 0 atom stereocenters. The van der Waals surface area contributed by atoms with Crippen LogP contribution in [-0.4, -0.2) is 48.3 Å². The van der Waals surface area contributed by atoms with Crippen molar-refractivity contribution in [2.45, 2.75) is 6.92 Å². The molecule has 10 heteroatoms. The number of amides is 1. The van der Waals surface area contributed by atoms with Gasteiger partial charge in [-0.05, 0) is 61.5 Å². The molecule has 0 spiro atoms. The van der Waals surface area contributed by atoms with Crippen LogP contribution in [-0.2, 0) is 0 Å². The quantitative estimate of drug-likeness (QED) is 0.391. The summed E-state index contributed by atoms with van der Waals surface area (Å²) in [6, 6.07) is 18.1. The molecule has 1 aliphatic heterocycles. The van der Waals surface area contributed by atoms with Gasteiger partial charge >= 0.3 is 6.01 Å². The first-order valence-corrected chi connectivity index (χ1v) is 11.2. The second-order valence-electron chi connectivity index (χ2n) is 7.73. The van der Waals surface area contributed by atoms with Crippen molar-refractivity contribution in [3.8, 4) is 46.1 Å². The number of benzene rings is 3. The van der Waals surface area contributed by atoms with Crippen LogP contribution in [0.1, 0.15) is 17.3 Å². The molecule has 0 aliphatic carbocycles. The summed E-state index contributed by atoms with van der Waals surface area (Å²) in [7, 11) is 3.07. The number of hydrogen-bond acceptors (Lipinski definition) is 8. The summed E-state index contributed by atoms with van der Waals surface area (Å²) in [4.78, 5) is 17.4. The summed E-state index contributed by atoms with van der Waals surface area (Å²) in [6.07, 6.45) is 0. The molecule has 0 unspecified atom stereocenters. The van der Waals surface area contributed by atoms with Crippen molar-refractivity contribution in [1.82, 2.24) is 14.8 Å². The predicted molar refractivity (Wildman–Crippen MR) is 132 cm³/mol. The fourth-order valence-electron chi connectivity index (χ4n) is 3.71. The van der Waals surface area contributed by atoms with E-state index in [1.807, 2.05) is 37.3 Å². The van der Waals surface area contributed by atoms with E-state index in [-0.39, 0.29) is 18.7 Å². The van der Waals surface area contributed by atoms with E-state index in [2.05, 4.69) is 15.4 Å². The standard InChI is InChI=1S/C26H24N4O6/c1-4-34-26-28-24(16-5-10-22-23(13-16)36-15-35-22)30(29-26)19-8-6-18(7-9-19)27-25(31)17-11-20(32-2)14-21(12-17)33-3/h5-14H,4,15H2,1-3H3,(H,27,31). The molecule has 0 saturated heterocycles. The zero-order valence-corrected chi connectivity index (χ0v) is 20.0. The Bertz CT molecular complexity index is 1380. The van der Waals surface area contributed by atoms with Crippen LogP contribution in [0.4, 0.5) is 5.69 Å². The van der Waals surface area contributed by atoms with Crippen molar-refractivity contribution in [2.75, 3.05) is 32.9 Å². The number of carbonyl (C=O) groups excluding carboxylic acids is 1. The van der Waals surface area contributed by atoms with Gasteiger partial charge in [0.1, 0.15) is 11.5 Å². The largest absolute Gasteiger partial charge is 0.497 e. The van der Waals surface area contributed by atoms with E-state index in [1.54, 1.807) is 35.0 Å². The number of nitrogens with one attached hydrogen (secondary N) is 1. The monoisotopic (exact) mass is 488 g/mol. The molecule has 36 heavy (non-hydrogen) atoms. The van der Waals surface area contributed by atoms with E-state index in [4.69, 9.17) is 23.7 Å². The lowest BCUT2D eigenvalue weighted by Crippen LogP contribution is -2.12. The third-order valence-corrected chi connectivity index (χ3v) is 5.48. The van der Waals surface area contributed by atoms with Crippen LogP contribution in [0.3, 0.4) is 0 Å². The highest BCUT2D eigenvalue weighted by Gasteiger charge is 2.19. The van der Waals surface area contributed by atoms with E-state index in [0.717, 1.165) is 11.3 Å². The number of ether oxygens (including phenoxy) is 5. The third-order valence-electron chi connectivity index (χ3n) is 5.48. The fraction of sp³-hybridized carbons (Fsp3) is 0.192. The Morgan fingerprint density at radius 1 is 0.972 bits per heavy atom. The summed E-state index contributed by atoms with van der Waals surface area (Å²) in [5.74, 6) is 2.68. The zero-order valence-electron chi connectivity index (χ0n) is 20.0. The topological polar surface area (TPSA) is 106 Å². The van der Waals surface area contributed by atoms with E-state index < -0.39 is 0 Å². The number of nitrogens with zero attached hydrogens (tertiary/aromatic N) is 3. The SMILES string of the molecule is CCOc1nc(-c2ccc3c(c2)OCO3)n(-c2ccc(NC(=O)c3cc(OC)cc(OC)c3)cc2)n1. The van der Waals surface area contributed by atoms with Gasteiger partial charge in [-0.1, -0.05) is 0 Å². The van der Waals surface area contributed by atoms with Crippen LogP contribution in [0.15, 0.2) is 60.7 Å². The average molecular weight is 489 g/mol. The molecule has 2 heterocycles. The highest BCUT2D eigenvalue weighted by molar-refractivity contribution is 6.04. The minimum absolute atomic E-state index is 0.186. The molecule has 1 amide bonds. The highest BCUT2D eigenvalue weighted by atomic mass is 16.7. The number of aromatic nitrogens is 3. The van der Waals surface area contributed by atoms with Gasteiger partial charge < -0.3 is 29.0 Å². The second kappa shape index (κ2) is 9.87. The van der Waals surface area contributed by atoms with Gasteiger partial charge in [-0.2, -0.15) is 4.98 Å². The second-order valence-corrected chi connectivity index (χ2v) is 7.73. The van der Waals surface area contributed by atoms with Crippen LogP contribution in [0, 0.1) is 0 Å². The maximum atomic E-state index is 12.8. The number of rotatable bonds is 8. The normalized spacial score (nSPS) is 11.8. The first-order valence-electron chi connectivity index (χ1n) is 11.2. The maximum Gasteiger partial charge on any atom is 0.336 e. The maximum absolute atomic E-state index is 12.8. The van der Waals surface area contributed by atoms with Crippen molar-refractivity contribution in [3.05, 3.63) is 66.2 Å². The Labute approximate surface area is 207 Å². The van der Waals surface area contributed by atoms with Gasteiger partial charge in [-0.25, -0.2) is 4.68 Å². The first-order chi connectivity index (χ1) is 17.6. The lowest BCUT2D eigenvalue weighted by molar-refractivity contribution is 0.102. The van der Waals surface area contributed by atoms with Crippen molar-refractivity contribution >= 4 is 11.6 Å². The summed E-state index contributed by atoms with van der Waals surface area (Å²) >= 11 is 0. The van der Waals surface area contributed by atoms with Gasteiger partial charge in [0, 0.05) is 22.9 Å². The van der Waals surface area contributed by atoms with E-state index in [9.17, 15) is 4.79 Å². The van der Waals surface area contributed by atoms with Gasteiger partial charge in [0.15, 0.2) is 17.3 Å². The summed E-state index contributed by atoms with van der Waals surface area (Å²) in [5, 5.41) is 7.40. The molecule has 184 valence electrons. The van der Waals surface area contributed by atoms with Gasteiger partial charge in [0.2, 0.25) is 6.79 Å². The zero-order chi connectivity index (χ0) is 25.1. The summed E-state index contributed by atoms with van der Waals surface area (Å²) in [6.45, 7) is 2.49. The van der Waals surface area contributed by atoms with Crippen molar-refractivity contribution in [3.63, 3.8) is 0 Å². The number of carbonyl (C=O) groups is 1. The van der Waals surface area contributed by atoms with Crippen LogP contribution < -0.4 is 29.0 Å². The molecule has 0 bridgehead atoms. The fourth-order valence-corrected chi connectivity index (χ4v) is 3.71. The number of methoxy groups -OCH3 is 2. The molecule has 4 aromatic rings. The third kappa shape index (κ3) is 4.61. The number of fused-ring (bicyclic) bond motifs is 1. The molecular weight excluding hydrogens is 464 g/mol. The minimum atomic E-state index is -0.291. The highest BCUT2D eigenvalue weighted by Crippen LogP contribution is 2.36. The van der Waals surface area contributed by atoms with Crippen LogP contribution in [0.25, 0.3) is 17.1 Å². The van der Waals surface area contributed by atoms with Crippen LogP contribution >= 0.6 is 0 Å². The molecular formula is C26H24N4O6. The Morgan fingerprint density at radius 2 is 1.69 bits per heavy atom. The van der Waals surface area contributed by atoms with Crippen LogP contribution in [0.2, 0.25) is 0 Å². The molecule has 0 radical (unpaired) electrons. The van der Waals surface area contributed by atoms with E-state index >= 15 is 0 Å². The molecule has 5 rings (SSSR count). The lowest BCUT2D eigenvalue weighted by atomic mass is 10.1. The molecule has 1 aromatic heterocycles. The Morgan fingerprint density at radius 3 is 2.39 bits per heavy atom. The van der Waals surface area contributed by atoms with Crippen molar-refractivity contribution < 1.29 is 28.5 Å². The lowest BCUT2D eigenvalue weighted by Gasteiger charge is -2.10. The molecule has 1 N–H and O–H groups in total. The Balaban J connectivity index is 1.41. The average Bonchev–Trinajstić information content (AvgIpc) is 3.55. The predicted octanol–water partition coefficient (Wildman–Crippen LogP) is 4.33.